The van der Waals surface area contributed by atoms with Gasteiger partial charge in [0.25, 0.3) is 5.91 Å². The van der Waals surface area contributed by atoms with Gasteiger partial charge in [-0.1, -0.05) is 31.2 Å². The van der Waals surface area contributed by atoms with E-state index in [1.165, 1.54) is 4.90 Å². The second kappa shape index (κ2) is 8.76. The zero-order chi connectivity index (χ0) is 27.4. The maximum Gasteiger partial charge on any atom is 0.265 e. The van der Waals surface area contributed by atoms with Crippen LogP contribution in [0.25, 0.3) is 10.8 Å². The molecule has 0 aromatic heterocycles. The Labute approximate surface area is 226 Å². The van der Waals surface area contributed by atoms with Crippen molar-refractivity contribution in [3.63, 3.8) is 0 Å². The highest BCUT2D eigenvalue weighted by Gasteiger charge is 2.83. The molecule has 0 radical (unpaired) electrons. The summed E-state index contributed by atoms with van der Waals surface area (Å²) in [5.41, 5.74) is -1.89. The molecule has 3 unspecified atom stereocenters. The van der Waals surface area contributed by atoms with E-state index in [2.05, 4.69) is 23.8 Å². The molecule has 3 aliphatic heterocycles. The van der Waals surface area contributed by atoms with Crippen LogP contribution >= 0.6 is 0 Å². The van der Waals surface area contributed by atoms with Crippen molar-refractivity contribution in [2.75, 3.05) is 11.5 Å². The molecular formula is C31H26N4O4. The fraction of sp³-hybridized carbons (Fsp3) is 0.323. The molecule has 39 heavy (non-hydrogen) atoms. The summed E-state index contributed by atoms with van der Waals surface area (Å²) in [5.74, 6) is -1.03. The average Bonchev–Trinajstić information content (AvgIpc) is 3.56. The van der Waals surface area contributed by atoms with Crippen LogP contribution in [0.4, 0.5) is 5.69 Å². The number of rotatable bonds is 7. The van der Waals surface area contributed by atoms with E-state index in [1.54, 1.807) is 36.4 Å². The van der Waals surface area contributed by atoms with Crippen LogP contribution in [0.2, 0.25) is 0 Å². The van der Waals surface area contributed by atoms with E-state index in [1.807, 2.05) is 31.2 Å². The second-order valence-corrected chi connectivity index (χ2v) is 10.4. The van der Waals surface area contributed by atoms with Crippen molar-refractivity contribution in [2.24, 2.45) is 10.9 Å². The summed E-state index contributed by atoms with van der Waals surface area (Å²) in [6, 6.07) is 21.7. The van der Waals surface area contributed by atoms with E-state index in [-0.39, 0.29) is 12.5 Å². The molecule has 3 heterocycles. The monoisotopic (exact) mass is 518 g/mol. The van der Waals surface area contributed by atoms with Gasteiger partial charge in [-0.2, -0.15) is 10.5 Å². The number of carbonyl (C=O) groups excluding carboxylic acids is 2. The third-order valence-electron chi connectivity index (χ3n) is 8.85. The minimum Gasteiger partial charge on any atom is -0.493 e. The molecule has 8 heteroatoms. The van der Waals surface area contributed by atoms with Gasteiger partial charge in [0, 0.05) is 17.2 Å². The van der Waals surface area contributed by atoms with Gasteiger partial charge in [-0.15, -0.1) is 0 Å². The normalized spacial score (nSPS) is 28.8. The van der Waals surface area contributed by atoms with Crippen LogP contribution in [-0.4, -0.2) is 41.9 Å². The Bertz CT molecular complexity index is 1620. The van der Waals surface area contributed by atoms with Crippen LogP contribution < -0.4 is 9.64 Å². The molecule has 3 saturated heterocycles. The van der Waals surface area contributed by atoms with E-state index in [0.29, 0.717) is 59.0 Å². The van der Waals surface area contributed by atoms with Crippen LogP contribution in [0.1, 0.15) is 43.7 Å². The van der Waals surface area contributed by atoms with Gasteiger partial charge < -0.3 is 9.47 Å². The minimum absolute atomic E-state index is 0.261. The standard InChI is InChI=1S/C31H26N4O4/c1-3-30-15-14-29(39-30,16-17-38-22-11-8-20(18-32)9-12-22)26-27(36)35(28(37)31(26,30)34-2)25-13-10-21(19-33)23-6-4-5-7-24(23)25/h4-13,26H,2-3,14-17H2,1H3/t26?,29?,30?,31-/m0/s1. The molecule has 3 aromatic carbocycles. The first-order valence-corrected chi connectivity index (χ1v) is 13.0. The molecule has 8 nitrogen and oxygen atoms in total. The minimum atomic E-state index is -1.44. The molecule has 2 bridgehead atoms. The Hall–Kier alpha value is -4.53. The van der Waals surface area contributed by atoms with Gasteiger partial charge in [0.05, 0.1) is 41.2 Å². The molecule has 0 N–H and O–H groups in total. The number of ether oxygens (including phenoxy) is 2. The van der Waals surface area contributed by atoms with Gasteiger partial charge in [-0.3, -0.25) is 14.6 Å². The van der Waals surface area contributed by atoms with E-state index in [0.717, 1.165) is 0 Å². The lowest BCUT2D eigenvalue weighted by Gasteiger charge is -2.39. The third-order valence-corrected chi connectivity index (χ3v) is 8.85. The van der Waals surface area contributed by atoms with Crippen molar-refractivity contribution in [3.05, 3.63) is 71.8 Å². The number of benzene rings is 3. The zero-order valence-corrected chi connectivity index (χ0v) is 21.5. The number of hydrogen-bond acceptors (Lipinski definition) is 7. The number of anilines is 1. The van der Waals surface area contributed by atoms with Crippen molar-refractivity contribution in [2.45, 2.75) is 49.3 Å². The molecule has 3 fully saturated rings. The van der Waals surface area contributed by atoms with Crippen molar-refractivity contribution >= 4 is 35.0 Å². The van der Waals surface area contributed by atoms with Crippen LogP contribution in [0.3, 0.4) is 0 Å². The van der Waals surface area contributed by atoms with Crippen LogP contribution in [0.5, 0.6) is 5.75 Å². The second-order valence-electron chi connectivity index (χ2n) is 10.4. The first kappa shape index (κ1) is 24.8. The molecule has 0 saturated carbocycles. The molecular weight excluding hydrogens is 492 g/mol. The predicted molar refractivity (Wildman–Crippen MR) is 144 cm³/mol. The van der Waals surface area contributed by atoms with Gasteiger partial charge in [0.2, 0.25) is 5.91 Å². The molecule has 6 rings (SSSR count). The fourth-order valence-electron chi connectivity index (χ4n) is 7.05. The number of nitrogens with zero attached hydrogens (tertiary/aromatic N) is 4. The van der Waals surface area contributed by atoms with Crippen molar-refractivity contribution < 1.29 is 19.1 Å². The Balaban J connectivity index is 1.40. The highest BCUT2D eigenvalue weighted by atomic mass is 16.5. The quantitative estimate of drug-likeness (QED) is 0.331. The fourth-order valence-corrected chi connectivity index (χ4v) is 7.05. The topological polar surface area (TPSA) is 116 Å². The molecule has 0 spiro atoms. The maximum atomic E-state index is 14.4. The first-order valence-electron chi connectivity index (χ1n) is 13.0. The number of nitriles is 2. The maximum absolute atomic E-state index is 14.4. The summed E-state index contributed by atoms with van der Waals surface area (Å²) in [4.78, 5) is 34.4. The molecule has 2 amide bonds. The highest BCUT2D eigenvalue weighted by molar-refractivity contribution is 6.29. The highest BCUT2D eigenvalue weighted by Crippen LogP contribution is 2.67. The Morgan fingerprint density at radius 3 is 2.46 bits per heavy atom. The first-order chi connectivity index (χ1) is 18.9. The summed E-state index contributed by atoms with van der Waals surface area (Å²) in [6.07, 6.45) is 2.07. The van der Waals surface area contributed by atoms with E-state index in [9.17, 15) is 14.9 Å². The van der Waals surface area contributed by atoms with Gasteiger partial charge >= 0.3 is 0 Å². The third kappa shape index (κ3) is 3.16. The smallest absolute Gasteiger partial charge is 0.265 e. The molecule has 3 aliphatic rings. The number of aliphatic imine (C=N–C) groups is 1. The Kier molecular flexibility index (Phi) is 5.57. The summed E-state index contributed by atoms with van der Waals surface area (Å²) in [7, 11) is 0. The summed E-state index contributed by atoms with van der Waals surface area (Å²) in [5, 5.41) is 20.0. The summed E-state index contributed by atoms with van der Waals surface area (Å²) >= 11 is 0. The number of carbonyl (C=O) groups is 2. The lowest BCUT2D eigenvalue weighted by Crippen LogP contribution is -2.58. The molecule has 3 aromatic rings. The van der Waals surface area contributed by atoms with Gasteiger partial charge in [-0.05, 0) is 62.4 Å². The van der Waals surface area contributed by atoms with Crippen LogP contribution in [0, 0.1) is 28.6 Å². The SMILES string of the molecule is C=N[C@]12C(=O)N(c3ccc(C#N)c4ccccc34)C(=O)C1C1(CCOc3ccc(C#N)cc3)CCC2(CC)O1. The molecule has 194 valence electrons. The Morgan fingerprint density at radius 1 is 1.05 bits per heavy atom. The van der Waals surface area contributed by atoms with Crippen molar-refractivity contribution in [1.82, 2.24) is 0 Å². The summed E-state index contributed by atoms with van der Waals surface area (Å²) < 4.78 is 12.7. The number of fused-ring (bicyclic) bond motifs is 6. The van der Waals surface area contributed by atoms with Gasteiger partial charge in [0.15, 0.2) is 5.54 Å². The lowest BCUT2D eigenvalue weighted by molar-refractivity contribution is -0.133. The molecule has 0 aliphatic carbocycles. The number of imide groups is 1. The van der Waals surface area contributed by atoms with Crippen LogP contribution in [0.15, 0.2) is 65.7 Å². The van der Waals surface area contributed by atoms with Gasteiger partial charge in [0.1, 0.15) is 17.3 Å². The number of amides is 2. The summed E-state index contributed by atoms with van der Waals surface area (Å²) in [6.45, 7) is 6.05. The number of hydrogen-bond donors (Lipinski definition) is 0. The van der Waals surface area contributed by atoms with Crippen molar-refractivity contribution in [1.29, 1.82) is 10.5 Å². The van der Waals surface area contributed by atoms with Crippen molar-refractivity contribution in [3.8, 4) is 17.9 Å². The van der Waals surface area contributed by atoms with Gasteiger partial charge in [-0.25, -0.2) is 4.90 Å². The predicted octanol–water partition coefficient (Wildman–Crippen LogP) is 4.69. The largest absolute Gasteiger partial charge is 0.493 e. The van der Waals surface area contributed by atoms with Crippen LogP contribution in [-0.2, 0) is 14.3 Å². The molecule has 4 atom stereocenters. The Morgan fingerprint density at radius 2 is 1.79 bits per heavy atom. The lowest BCUT2D eigenvalue weighted by atomic mass is 9.61. The average molecular weight is 519 g/mol. The zero-order valence-electron chi connectivity index (χ0n) is 21.5. The van der Waals surface area contributed by atoms with E-state index >= 15 is 0 Å². The van der Waals surface area contributed by atoms with E-state index in [4.69, 9.17) is 14.7 Å². The van der Waals surface area contributed by atoms with E-state index < -0.39 is 28.6 Å².